The van der Waals surface area contributed by atoms with Crippen molar-refractivity contribution in [3.63, 3.8) is 0 Å². The third-order valence-corrected chi connectivity index (χ3v) is 3.24. The van der Waals surface area contributed by atoms with E-state index in [-0.39, 0.29) is 6.10 Å². The third-order valence-electron chi connectivity index (χ3n) is 2.91. The van der Waals surface area contributed by atoms with E-state index < -0.39 is 5.97 Å². The Kier molecular flexibility index (Phi) is 4.44. The van der Waals surface area contributed by atoms with Gasteiger partial charge in [0.15, 0.2) is 0 Å². The summed E-state index contributed by atoms with van der Waals surface area (Å²) in [6.07, 6.45) is 3.16. The second-order valence-electron chi connectivity index (χ2n) is 4.32. The van der Waals surface area contributed by atoms with Gasteiger partial charge in [0, 0.05) is 6.61 Å². The molecule has 18 heavy (non-hydrogen) atoms. The monoisotopic (exact) mass is 269 g/mol. The molecule has 0 saturated carbocycles. The van der Waals surface area contributed by atoms with Gasteiger partial charge in [-0.25, -0.2) is 4.79 Å². The highest BCUT2D eigenvalue weighted by Crippen LogP contribution is 2.20. The number of esters is 1. The molecule has 0 bridgehead atoms. The maximum Gasteiger partial charge on any atom is 0.338 e. The summed E-state index contributed by atoms with van der Waals surface area (Å²) >= 11 is 5.85. The van der Waals surface area contributed by atoms with Gasteiger partial charge >= 0.3 is 5.97 Å². The van der Waals surface area contributed by atoms with E-state index in [4.69, 9.17) is 26.8 Å². The Morgan fingerprint density at radius 1 is 1.50 bits per heavy atom. The minimum Gasteiger partial charge on any atom is -0.459 e. The largest absolute Gasteiger partial charge is 0.459 e. The number of nitrogens with two attached hydrogens (primary N) is 1. The van der Waals surface area contributed by atoms with Crippen LogP contribution in [0.4, 0.5) is 5.69 Å². The number of nitrogen functional groups attached to an aromatic ring is 1. The van der Waals surface area contributed by atoms with Crippen molar-refractivity contribution in [2.24, 2.45) is 0 Å². The number of rotatable bonds is 3. The molecule has 5 heteroatoms. The van der Waals surface area contributed by atoms with E-state index in [1.807, 2.05) is 0 Å². The number of hydrogen-bond acceptors (Lipinski definition) is 4. The number of carbonyl (C=O) groups is 1. The predicted octanol–water partition coefficient (Wildman–Crippen LogP) is 2.65. The summed E-state index contributed by atoms with van der Waals surface area (Å²) in [7, 11) is 0. The molecule has 1 fully saturated rings. The Balaban J connectivity index is 1.88. The molecule has 0 amide bonds. The van der Waals surface area contributed by atoms with Crippen LogP contribution >= 0.6 is 11.6 Å². The lowest BCUT2D eigenvalue weighted by molar-refractivity contribution is -0.0300. The summed E-state index contributed by atoms with van der Waals surface area (Å²) in [5, 5.41) is 0.360. The fraction of sp³-hybridized carbons (Fsp3) is 0.462. The molecule has 1 aromatic carbocycles. The van der Waals surface area contributed by atoms with Gasteiger partial charge in [0.2, 0.25) is 0 Å². The molecule has 1 unspecified atom stereocenters. The summed E-state index contributed by atoms with van der Waals surface area (Å²) in [4.78, 5) is 11.8. The first-order valence-corrected chi connectivity index (χ1v) is 6.38. The number of ether oxygens (including phenoxy) is 2. The third kappa shape index (κ3) is 3.37. The van der Waals surface area contributed by atoms with Crippen molar-refractivity contribution in [3.05, 3.63) is 28.8 Å². The first kappa shape index (κ1) is 13.2. The zero-order chi connectivity index (χ0) is 13.0. The molecule has 4 nitrogen and oxygen atoms in total. The topological polar surface area (TPSA) is 61.6 Å². The Hall–Kier alpha value is -1.26. The molecule has 0 aromatic heterocycles. The predicted molar refractivity (Wildman–Crippen MR) is 69.7 cm³/mol. The number of halogens is 1. The standard InChI is InChI=1S/C13H16ClNO3/c14-11-7-9(4-5-12(11)15)13(16)18-8-10-3-1-2-6-17-10/h4-5,7,10H,1-3,6,8,15H2. The van der Waals surface area contributed by atoms with Crippen molar-refractivity contribution in [2.45, 2.75) is 25.4 Å². The molecule has 1 atom stereocenters. The maximum atomic E-state index is 11.8. The minimum absolute atomic E-state index is 0.0203. The second kappa shape index (κ2) is 6.07. The van der Waals surface area contributed by atoms with Crippen LogP contribution in [0.2, 0.25) is 5.02 Å². The van der Waals surface area contributed by atoms with Crippen molar-refractivity contribution in [1.29, 1.82) is 0 Å². The van der Waals surface area contributed by atoms with Crippen molar-refractivity contribution >= 4 is 23.3 Å². The lowest BCUT2D eigenvalue weighted by atomic mass is 10.1. The van der Waals surface area contributed by atoms with Gasteiger partial charge in [0.05, 0.1) is 22.4 Å². The molecule has 98 valence electrons. The maximum absolute atomic E-state index is 11.8. The van der Waals surface area contributed by atoms with Crippen LogP contribution in [0.15, 0.2) is 18.2 Å². The number of benzene rings is 1. The van der Waals surface area contributed by atoms with Gasteiger partial charge in [-0.05, 0) is 37.5 Å². The van der Waals surface area contributed by atoms with Crippen molar-refractivity contribution in [1.82, 2.24) is 0 Å². The van der Waals surface area contributed by atoms with Gasteiger partial charge in [-0.3, -0.25) is 0 Å². The minimum atomic E-state index is -0.397. The van der Waals surface area contributed by atoms with E-state index in [1.54, 1.807) is 12.1 Å². The highest BCUT2D eigenvalue weighted by molar-refractivity contribution is 6.33. The van der Waals surface area contributed by atoms with Crippen LogP contribution in [-0.4, -0.2) is 25.3 Å². The zero-order valence-electron chi connectivity index (χ0n) is 10.0. The second-order valence-corrected chi connectivity index (χ2v) is 4.73. The number of hydrogen-bond donors (Lipinski definition) is 1. The quantitative estimate of drug-likeness (QED) is 0.677. The summed E-state index contributed by atoms with van der Waals surface area (Å²) in [6.45, 7) is 1.04. The Labute approximate surface area is 111 Å². The normalized spacial score (nSPS) is 19.5. The summed E-state index contributed by atoms with van der Waals surface area (Å²) < 4.78 is 10.7. The molecule has 2 N–H and O–H groups in total. The molecule has 1 aliphatic rings. The van der Waals surface area contributed by atoms with Gasteiger partial charge in [0.1, 0.15) is 6.61 Å². The number of carbonyl (C=O) groups excluding carboxylic acids is 1. The van der Waals surface area contributed by atoms with Crippen LogP contribution in [0, 0.1) is 0 Å². The Morgan fingerprint density at radius 3 is 3.00 bits per heavy atom. The molecule has 1 saturated heterocycles. The summed E-state index contributed by atoms with van der Waals surface area (Å²) in [5.74, 6) is -0.397. The smallest absolute Gasteiger partial charge is 0.338 e. The first-order valence-electron chi connectivity index (χ1n) is 6.00. The molecule has 2 rings (SSSR count). The van der Waals surface area contributed by atoms with Crippen LogP contribution in [0.5, 0.6) is 0 Å². The van der Waals surface area contributed by atoms with Crippen molar-refractivity contribution in [3.8, 4) is 0 Å². The molecular formula is C13H16ClNO3. The van der Waals surface area contributed by atoms with Crippen molar-refractivity contribution < 1.29 is 14.3 Å². The lowest BCUT2D eigenvalue weighted by Crippen LogP contribution is -2.25. The van der Waals surface area contributed by atoms with E-state index in [2.05, 4.69) is 0 Å². The molecule has 1 heterocycles. The van der Waals surface area contributed by atoms with Gasteiger partial charge in [-0.15, -0.1) is 0 Å². The van der Waals surface area contributed by atoms with Crippen molar-refractivity contribution in [2.75, 3.05) is 18.9 Å². The summed E-state index contributed by atoms with van der Waals surface area (Å²) in [5.41, 5.74) is 6.43. The molecule has 1 aromatic rings. The van der Waals surface area contributed by atoms with Gasteiger partial charge in [0.25, 0.3) is 0 Å². The van der Waals surface area contributed by atoms with Gasteiger partial charge in [-0.1, -0.05) is 11.6 Å². The van der Waals surface area contributed by atoms with Crippen LogP contribution in [0.25, 0.3) is 0 Å². The summed E-state index contributed by atoms with van der Waals surface area (Å²) in [6, 6.07) is 4.71. The molecule has 0 spiro atoms. The van der Waals surface area contributed by atoms with E-state index >= 15 is 0 Å². The van der Waals surface area contributed by atoms with E-state index in [0.717, 1.165) is 25.9 Å². The Bertz CT molecular complexity index is 430. The lowest BCUT2D eigenvalue weighted by Gasteiger charge is -2.22. The van der Waals surface area contributed by atoms with E-state index in [9.17, 15) is 4.79 Å². The highest BCUT2D eigenvalue weighted by atomic mass is 35.5. The number of anilines is 1. The SMILES string of the molecule is Nc1ccc(C(=O)OCC2CCCCO2)cc1Cl. The average molecular weight is 270 g/mol. The van der Waals surface area contributed by atoms with Crippen LogP contribution in [0.1, 0.15) is 29.6 Å². The average Bonchev–Trinajstić information content (AvgIpc) is 2.40. The molecule has 1 aliphatic heterocycles. The molecule has 0 aliphatic carbocycles. The fourth-order valence-corrected chi connectivity index (χ4v) is 2.03. The van der Waals surface area contributed by atoms with Crippen LogP contribution in [-0.2, 0) is 9.47 Å². The van der Waals surface area contributed by atoms with Crippen LogP contribution < -0.4 is 5.73 Å². The Morgan fingerprint density at radius 2 is 2.33 bits per heavy atom. The van der Waals surface area contributed by atoms with E-state index in [0.29, 0.717) is 22.9 Å². The first-order chi connectivity index (χ1) is 8.66. The van der Waals surface area contributed by atoms with E-state index in [1.165, 1.54) is 6.07 Å². The molecular weight excluding hydrogens is 254 g/mol. The zero-order valence-corrected chi connectivity index (χ0v) is 10.8. The highest BCUT2D eigenvalue weighted by Gasteiger charge is 2.17. The van der Waals surface area contributed by atoms with Gasteiger partial charge in [-0.2, -0.15) is 0 Å². The van der Waals surface area contributed by atoms with Crippen LogP contribution in [0.3, 0.4) is 0 Å². The van der Waals surface area contributed by atoms with Gasteiger partial charge < -0.3 is 15.2 Å². The fourth-order valence-electron chi connectivity index (χ4n) is 1.84. The molecule has 0 radical (unpaired) electrons.